The van der Waals surface area contributed by atoms with Gasteiger partial charge in [-0.3, -0.25) is 0 Å². The molecule has 0 saturated heterocycles. The molecule has 0 fully saturated rings. The van der Waals surface area contributed by atoms with Crippen LogP contribution < -0.4 is 0 Å². The molecule has 0 aliphatic carbocycles. The van der Waals surface area contributed by atoms with Crippen molar-refractivity contribution in [3.63, 3.8) is 0 Å². The minimum atomic E-state index is 0.475. The van der Waals surface area contributed by atoms with Crippen LogP contribution in [0.25, 0.3) is 0 Å². The molecule has 0 rings (SSSR count). The second-order valence-corrected chi connectivity index (χ2v) is 4.11. The van der Waals surface area contributed by atoms with E-state index in [0.29, 0.717) is 5.41 Å². The van der Waals surface area contributed by atoms with Gasteiger partial charge in [-0.05, 0) is 12.8 Å². The van der Waals surface area contributed by atoms with Crippen molar-refractivity contribution in [3.05, 3.63) is 0 Å². The topological polar surface area (TPSA) is 9.23 Å². The van der Waals surface area contributed by atoms with Crippen molar-refractivity contribution in [3.8, 4) is 0 Å². The Bertz CT molecular complexity index is 75.4. The summed E-state index contributed by atoms with van der Waals surface area (Å²) in [5, 5.41) is 0. The summed E-state index contributed by atoms with van der Waals surface area (Å²) in [6, 6.07) is 0. The highest BCUT2D eigenvalue weighted by Crippen LogP contribution is 2.28. The summed E-state index contributed by atoms with van der Waals surface area (Å²) in [6.45, 7) is 5.47. The highest BCUT2D eigenvalue weighted by atomic mass is 127. The predicted octanol–water partition coefficient (Wildman–Crippen LogP) is 1.52. The lowest BCUT2D eigenvalue weighted by Crippen LogP contribution is -2.26. The first-order chi connectivity index (χ1) is 4.74. The van der Waals surface area contributed by atoms with Crippen LogP contribution in [0, 0.1) is 5.41 Å². The van der Waals surface area contributed by atoms with Crippen molar-refractivity contribution in [2.45, 2.75) is 26.7 Å². The number of hydrogen-bond acceptors (Lipinski definition) is 1. The molecule has 0 spiro atoms. The van der Waals surface area contributed by atoms with Gasteiger partial charge in [0.05, 0.1) is 0 Å². The molecule has 10 heavy (non-hydrogen) atoms. The van der Waals surface area contributed by atoms with Gasteiger partial charge < -0.3 is 4.43 Å². The van der Waals surface area contributed by atoms with Crippen molar-refractivity contribution >= 4 is 33.1 Å². The smallest absolute Gasteiger partial charge is 0.145 e. The van der Waals surface area contributed by atoms with Crippen LogP contribution in [0.3, 0.4) is 0 Å². The fraction of sp³-hybridized carbons (Fsp3) is 1.00. The van der Waals surface area contributed by atoms with Crippen molar-refractivity contribution in [2.24, 2.45) is 5.41 Å². The SMILES string of the molecule is CCC(CC)(CI)CO[SiH3]. The number of hydrogen-bond donors (Lipinski definition) is 0. The fourth-order valence-corrected chi connectivity index (χ4v) is 2.90. The molecule has 3 heteroatoms. The average molecular weight is 272 g/mol. The van der Waals surface area contributed by atoms with Gasteiger partial charge in [0.15, 0.2) is 0 Å². The van der Waals surface area contributed by atoms with Crippen molar-refractivity contribution in [1.29, 1.82) is 0 Å². The molecule has 0 N–H and O–H groups in total. The Labute approximate surface area is 80.6 Å². The zero-order valence-electron chi connectivity index (χ0n) is 7.11. The average Bonchev–Trinajstić information content (AvgIpc) is 2.01. The van der Waals surface area contributed by atoms with Gasteiger partial charge >= 0.3 is 0 Å². The molecule has 0 aromatic heterocycles. The van der Waals surface area contributed by atoms with Gasteiger partial charge in [-0.25, -0.2) is 0 Å². The second-order valence-electron chi connectivity index (χ2n) is 2.77. The molecule has 0 aliphatic heterocycles. The third-order valence-corrected chi connectivity index (χ3v) is 4.14. The molecule has 0 heterocycles. The minimum absolute atomic E-state index is 0.475. The first-order valence-corrected chi connectivity index (χ1v) is 6.13. The van der Waals surface area contributed by atoms with E-state index >= 15 is 0 Å². The van der Waals surface area contributed by atoms with Crippen molar-refractivity contribution < 1.29 is 4.43 Å². The van der Waals surface area contributed by atoms with E-state index in [2.05, 4.69) is 36.4 Å². The Morgan fingerprint density at radius 2 is 1.90 bits per heavy atom. The summed E-state index contributed by atoms with van der Waals surface area (Å²) >= 11 is 2.46. The van der Waals surface area contributed by atoms with E-state index in [-0.39, 0.29) is 0 Å². The lowest BCUT2D eigenvalue weighted by atomic mass is 9.86. The third-order valence-electron chi connectivity index (χ3n) is 2.23. The van der Waals surface area contributed by atoms with E-state index in [1.807, 2.05) is 0 Å². The first-order valence-electron chi connectivity index (χ1n) is 3.79. The zero-order chi connectivity index (χ0) is 8.04. The van der Waals surface area contributed by atoms with Gasteiger partial charge in [0.25, 0.3) is 0 Å². The van der Waals surface area contributed by atoms with Crippen LogP contribution in [0.5, 0.6) is 0 Å². The summed E-state index contributed by atoms with van der Waals surface area (Å²) in [5.74, 6) is 0. The standard InChI is InChI=1S/C7H17IOSi/c1-3-7(4-2,5-8)6-9-10/h3-6H2,1-2,10H3. The van der Waals surface area contributed by atoms with E-state index in [1.54, 1.807) is 0 Å². The number of rotatable bonds is 5. The second kappa shape index (κ2) is 5.54. The maximum Gasteiger partial charge on any atom is 0.145 e. The summed E-state index contributed by atoms with van der Waals surface area (Å²) in [6.07, 6.45) is 2.49. The Morgan fingerprint density at radius 3 is 2.00 bits per heavy atom. The summed E-state index contributed by atoms with van der Waals surface area (Å²) < 4.78 is 6.54. The molecule has 0 bridgehead atoms. The molecule has 0 atom stereocenters. The van der Waals surface area contributed by atoms with E-state index in [0.717, 1.165) is 17.1 Å². The molecule has 0 amide bonds. The van der Waals surface area contributed by atoms with Crippen LogP contribution in [-0.4, -0.2) is 21.5 Å². The van der Waals surface area contributed by atoms with Crippen LogP contribution >= 0.6 is 22.6 Å². The summed E-state index contributed by atoms with van der Waals surface area (Å²) in [7, 11) is 0.880. The molecule has 0 aromatic carbocycles. The molecule has 0 aromatic rings. The number of alkyl halides is 1. The fourth-order valence-electron chi connectivity index (χ4n) is 0.988. The molecule has 62 valence electrons. The van der Waals surface area contributed by atoms with Gasteiger partial charge in [-0.1, -0.05) is 36.4 Å². The molecule has 0 unspecified atom stereocenters. The largest absolute Gasteiger partial charge is 0.427 e. The normalized spacial score (nSPS) is 12.3. The summed E-state index contributed by atoms with van der Waals surface area (Å²) in [5.41, 5.74) is 0.475. The van der Waals surface area contributed by atoms with E-state index in [1.165, 1.54) is 17.3 Å². The zero-order valence-corrected chi connectivity index (χ0v) is 11.3. The van der Waals surface area contributed by atoms with Crippen LogP contribution in [-0.2, 0) is 4.43 Å². The van der Waals surface area contributed by atoms with Gasteiger partial charge in [0.2, 0.25) is 0 Å². The summed E-state index contributed by atoms with van der Waals surface area (Å²) in [4.78, 5) is 0. The molecule has 0 radical (unpaired) electrons. The van der Waals surface area contributed by atoms with Crippen molar-refractivity contribution in [2.75, 3.05) is 11.0 Å². The predicted molar refractivity (Wildman–Crippen MR) is 57.8 cm³/mol. The van der Waals surface area contributed by atoms with E-state index < -0.39 is 0 Å². The molecule has 0 saturated carbocycles. The number of halogens is 1. The van der Waals surface area contributed by atoms with Gasteiger partial charge in [0, 0.05) is 16.4 Å². The van der Waals surface area contributed by atoms with Gasteiger partial charge in [-0.15, -0.1) is 0 Å². The molecular formula is C7H17IOSi. The van der Waals surface area contributed by atoms with Gasteiger partial charge in [0.1, 0.15) is 10.5 Å². The Morgan fingerprint density at radius 1 is 1.40 bits per heavy atom. The molecule has 0 aliphatic rings. The van der Waals surface area contributed by atoms with Gasteiger partial charge in [-0.2, -0.15) is 0 Å². The Hall–Kier alpha value is 0.907. The van der Waals surface area contributed by atoms with Crippen LogP contribution in [0.4, 0.5) is 0 Å². The maximum absolute atomic E-state index is 5.31. The monoisotopic (exact) mass is 272 g/mol. The Kier molecular flexibility index (Phi) is 6.05. The maximum atomic E-state index is 5.31. The third kappa shape index (κ3) is 2.88. The molecule has 1 nitrogen and oxygen atoms in total. The van der Waals surface area contributed by atoms with E-state index in [4.69, 9.17) is 4.43 Å². The van der Waals surface area contributed by atoms with E-state index in [9.17, 15) is 0 Å². The molecular weight excluding hydrogens is 255 g/mol. The van der Waals surface area contributed by atoms with Crippen LogP contribution in [0.2, 0.25) is 0 Å². The highest BCUT2D eigenvalue weighted by molar-refractivity contribution is 14.1. The lowest BCUT2D eigenvalue weighted by Gasteiger charge is -2.28. The van der Waals surface area contributed by atoms with Crippen LogP contribution in [0.1, 0.15) is 26.7 Å². The van der Waals surface area contributed by atoms with Crippen LogP contribution in [0.15, 0.2) is 0 Å². The van der Waals surface area contributed by atoms with Crippen molar-refractivity contribution in [1.82, 2.24) is 0 Å². The quantitative estimate of drug-likeness (QED) is 0.419. The highest BCUT2D eigenvalue weighted by Gasteiger charge is 2.23. The first kappa shape index (κ1) is 10.9. The Balaban J connectivity index is 3.87. The minimum Gasteiger partial charge on any atom is -0.427 e. The lowest BCUT2D eigenvalue weighted by molar-refractivity contribution is 0.170.